The molecule has 88 valence electrons. The van der Waals surface area contributed by atoms with Crippen LogP contribution in [0.1, 0.15) is 33.6 Å². The number of rotatable bonds is 2. The number of hydrogen-bond acceptors (Lipinski definition) is 3. The average Bonchev–Trinajstić information content (AvgIpc) is 2.29. The fourth-order valence-corrected chi connectivity index (χ4v) is 2.54. The maximum Gasteiger partial charge on any atom is 0.225 e. The van der Waals surface area contributed by atoms with Crippen molar-refractivity contribution in [2.45, 2.75) is 39.7 Å². The van der Waals surface area contributed by atoms with E-state index in [4.69, 9.17) is 0 Å². The van der Waals surface area contributed by atoms with Crippen molar-refractivity contribution >= 4 is 5.95 Å². The van der Waals surface area contributed by atoms with Crippen molar-refractivity contribution in [1.82, 2.24) is 9.97 Å². The lowest BCUT2D eigenvalue weighted by Gasteiger charge is -2.40. The standard InChI is InChI=1S/C13H21N3/c1-10(2)12-6-5-11(3)9-16(12)13-14-7-4-8-15-13/h4,7-8,10-12H,5-6,9H2,1-3H3. The molecule has 1 aromatic heterocycles. The van der Waals surface area contributed by atoms with Gasteiger partial charge in [-0.25, -0.2) is 9.97 Å². The van der Waals surface area contributed by atoms with E-state index in [2.05, 4.69) is 35.6 Å². The lowest BCUT2D eigenvalue weighted by Crippen LogP contribution is -2.46. The fraction of sp³-hybridized carbons (Fsp3) is 0.692. The van der Waals surface area contributed by atoms with Crippen molar-refractivity contribution in [2.75, 3.05) is 11.4 Å². The Hall–Kier alpha value is -1.12. The molecule has 0 radical (unpaired) electrons. The Kier molecular flexibility index (Phi) is 3.42. The summed E-state index contributed by atoms with van der Waals surface area (Å²) in [6.45, 7) is 7.98. The van der Waals surface area contributed by atoms with Crippen LogP contribution in [0.4, 0.5) is 5.95 Å². The molecule has 0 aromatic carbocycles. The third-order valence-electron chi connectivity index (χ3n) is 3.44. The molecule has 1 fully saturated rings. The van der Waals surface area contributed by atoms with E-state index in [1.54, 1.807) is 0 Å². The topological polar surface area (TPSA) is 29.0 Å². The Labute approximate surface area is 97.9 Å². The summed E-state index contributed by atoms with van der Waals surface area (Å²) in [4.78, 5) is 11.2. The van der Waals surface area contributed by atoms with E-state index in [0.29, 0.717) is 12.0 Å². The summed E-state index contributed by atoms with van der Waals surface area (Å²) in [6, 6.07) is 2.47. The first-order chi connectivity index (χ1) is 7.68. The van der Waals surface area contributed by atoms with Crippen molar-refractivity contribution < 1.29 is 0 Å². The van der Waals surface area contributed by atoms with E-state index in [1.165, 1.54) is 12.8 Å². The highest BCUT2D eigenvalue weighted by atomic mass is 15.3. The predicted molar refractivity (Wildman–Crippen MR) is 66.4 cm³/mol. The van der Waals surface area contributed by atoms with Gasteiger partial charge in [0.05, 0.1) is 0 Å². The molecule has 0 bridgehead atoms. The van der Waals surface area contributed by atoms with Crippen LogP contribution in [0.15, 0.2) is 18.5 Å². The highest BCUT2D eigenvalue weighted by Crippen LogP contribution is 2.28. The van der Waals surface area contributed by atoms with Crippen LogP contribution >= 0.6 is 0 Å². The Morgan fingerprint density at radius 1 is 1.25 bits per heavy atom. The Bertz CT molecular complexity index is 323. The average molecular weight is 219 g/mol. The minimum Gasteiger partial charge on any atom is -0.337 e. The van der Waals surface area contributed by atoms with Crippen molar-refractivity contribution in [3.63, 3.8) is 0 Å². The molecular weight excluding hydrogens is 198 g/mol. The van der Waals surface area contributed by atoms with Gasteiger partial charge in [0.1, 0.15) is 0 Å². The van der Waals surface area contributed by atoms with E-state index in [9.17, 15) is 0 Å². The largest absolute Gasteiger partial charge is 0.337 e. The summed E-state index contributed by atoms with van der Waals surface area (Å²) in [6.07, 6.45) is 6.25. The lowest BCUT2D eigenvalue weighted by molar-refractivity contribution is 0.318. The molecule has 0 aliphatic carbocycles. The molecular formula is C13H21N3. The Morgan fingerprint density at radius 2 is 1.94 bits per heavy atom. The highest BCUT2D eigenvalue weighted by molar-refractivity contribution is 5.31. The third kappa shape index (κ3) is 2.34. The molecule has 3 nitrogen and oxygen atoms in total. The van der Waals surface area contributed by atoms with E-state index in [-0.39, 0.29) is 0 Å². The maximum absolute atomic E-state index is 4.38. The first-order valence-corrected chi connectivity index (χ1v) is 6.22. The lowest BCUT2D eigenvalue weighted by atomic mass is 9.88. The van der Waals surface area contributed by atoms with Gasteiger partial charge in [-0.3, -0.25) is 0 Å². The minimum atomic E-state index is 0.596. The summed E-state index contributed by atoms with van der Waals surface area (Å²) in [5.41, 5.74) is 0. The van der Waals surface area contributed by atoms with E-state index >= 15 is 0 Å². The normalized spacial score (nSPS) is 26.1. The van der Waals surface area contributed by atoms with Crippen LogP contribution in [0.25, 0.3) is 0 Å². The molecule has 0 amide bonds. The van der Waals surface area contributed by atoms with Crippen LogP contribution in [-0.2, 0) is 0 Å². The SMILES string of the molecule is CC1CCC(C(C)C)N(c2ncccn2)C1. The zero-order chi connectivity index (χ0) is 11.5. The molecule has 0 saturated carbocycles. The monoisotopic (exact) mass is 219 g/mol. The van der Waals surface area contributed by atoms with Crippen molar-refractivity contribution in [3.05, 3.63) is 18.5 Å². The number of piperidine rings is 1. The molecule has 0 N–H and O–H groups in total. The zero-order valence-electron chi connectivity index (χ0n) is 10.4. The van der Waals surface area contributed by atoms with Crippen LogP contribution in [0.3, 0.4) is 0 Å². The van der Waals surface area contributed by atoms with Crippen LogP contribution in [0.5, 0.6) is 0 Å². The van der Waals surface area contributed by atoms with Gasteiger partial charge in [-0.2, -0.15) is 0 Å². The van der Waals surface area contributed by atoms with Gasteiger partial charge >= 0.3 is 0 Å². The van der Waals surface area contributed by atoms with Crippen molar-refractivity contribution in [2.24, 2.45) is 11.8 Å². The molecule has 16 heavy (non-hydrogen) atoms. The molecule has 0 spiro atoms. The predicted octanol–water partition coefficient (Wildman–Crippen LogP) is 2.74. The second-order valence-electron chi connectivity index (χ2n) is 5.20. The highest BCUT2D eigenvalue weighted by Gasteiger charge is 2.29. The van der Waals surface area contributed by atoms with E-state index in [1.807, 2.05) is 18.5 Å². The molecule has 2 atom stereocenters. The number of anilines is 1. The van der Waals surface area contributed by atoms with Crippen molar-refractivity contribution in [3.8, 4) is 0 Å². The van der Waals surface area contributed by atoms with Crippen molar-refractivity contribution in [1.29, 1.82) is 0 Å². The molecule has 1 aliphatic rings. The summed E-state index contributed by atoms with van der Waals surface area (Å²) >= 11 is 0. The number of aromatic nitrogens is 2. The van der Waals surface area contributed by atoms with Gasteiger partial charge in [0.25, 0.3) is 0 Å². The van der Waals surface area contributed by atoms with Gasteiger partial charge in [0.2, 0.25) is 5.95 Å². The van der Waals surface area contributed by atoms with Crippen LogP contribution in [0, 0.1) is 11.8 Å². The second kappa shape index (κ2) is 4.81. The quantitative estimate of drug-likeness (QED) is 0.766. The molecule has 2 heterocycles. The zero-order valence-corrected chi connectivity index (χ0v) is 10.4. The molecule has 2 unspecified atom stereocenters. The van der Waals surface area contributed by atoms with Crippen LogP contribution < -0.4 is 4.90 Å². The third-order valence-corrected chi connectivity index (χ3v) is 3.44. The molecule has 3 heteroatoms. The van der Waals surface area contributed by atoms with Gasteiger partial charge in [0, 0.05) is 25.0 Å². The van der Waals surface area contributed by atoms with Crippen LogP contribution in [-0.4, -0.2) is 22.6 Å². The van der Waals surface area contributed by atoms with E-state index in [0.717, 1.165) is 18.4 Å². The fourth-order valence-electron chi connectivity index (χ4n) is 2.54. The van der Waals surface area contributed by atoms with Crippen LogP contribution in [0.2, 0.25) is 0 Å². The molecule has 2 rings (SSSR count). The minimum absolute atomic E-state index is 0.596. The maximum atomic E-state index is 4.38. The van der Waals surface area contributed by atoms with Gasteiger partial charge in [-0.05, 0) is 30.7 Å². The van der Waals surface area contributed by atoms with Gasteiger partial charge in [-0.1, -0.05) is 20.8 Å². The van der Waals surface area contributed by atoms with E-state index < -0.39 is 0 Å². The molecule has 1 aromatic rings. The molecule has 1 saturated heterocycles. The summed E-state index contributed by atoms with van der Waals surface area (Å²) in [5.74, 6) is 2.31. The van der Waals surface area contributed by atoms with Gasteiger partial charge in [-0.15, -0.1) is 0 Å². The van der Waals surface area contributed by atoms with Gasteiger partial charge in [0.15, 0.2) is 0 Å². The summed E-state index contributed by atoms with van der Waals surface area (Å²) in [5, 5.41) is 0. The Balaban J connectivity index is 2.21. The molecule has 1 aliphatic heterocycles. The first-order valence-electron chi connectivity index (χ1n) is 6.22. The summed E-state index contributed by atoms with van der Waals surface area (Å²) < 4.78 is 0. The number of nitrogens with zero attached hydrogens (tertiary/aromatic N) is 3. The van der Waals surface area contributed by atoms with Gasteiger partial charge < -0.3 is 4.90 Å². The summed E-state index contributed by atoms with van der Waals surface area (Å²) in [7, 11) is 0. The Morgan fingerprint density at radius 3 is 2.56 bits per heavy atom. The smallest absolute Gasteiger partial charge is 0.225 e. The second-order valence-corrected chi connectivity index (χ2v) is 5.20. The first kappa shape index (κ1) is 11.4. The number of hydrogen-bond donors (Lipinski definition) is 0.